The van der Waals surface area contributed by atoms with Gasteiger partial charge in [-0.1, -0.05) is 11.2 Å². The SMILES string of the molecule is CNC(=O)Cn1ccc(C2CC(c3cc(C(=O)NCc4ccc(F)c(OC)c4)nc(C)n3)=NO2)cc1=O. The molecule has 2 aromatic heterocycles. The number of carbonyl (C=O) groups is 2. The Morgan fingerprint density at radius 3 is 2.76 bits per heavy atom. The number of rotatable bonds is 8. The molecule has 4 rings (SSSR count). The first-order valence-electron chi connectivity index (χ1n) is 11.4. The molecule has 0 radical (unpaired) electrons. The number of ether oxygens (including phenoxy) is 1. The molecule has 1 unspecified atom stereocenters. The molecule has 1 aliphatic heterocycles. The molecule has 3 aromatic rings. The Morgan fingerprint density at radius 2 is 2.03 bits per heavy atom. The summed E-state index contributed by atoms with van der Waals surface area (Å²) in [6.45, 7) is 1.72. The number of likely N-dealkylation sites (N-methyl/N-ethyl adjacent to an activating group) is 1. The van der Waals surface area contributed by atoms with E-state index in [2.05, 4.69) is 25.8 Å². The molecular formula is C25H25FN6O5. The first-order valence-corrected chi connectivity index (χ1v) is 11.4. The number of carbonyl (C=O) groups excluding carboxylic acids is 2. The Labute approximate surface area is 211 Å². The van der Waals surface area contributed by atoms with Crippen molar-refractivity contribution in [1.29, 1.82) is 0 Å². The second kappa shape index (κ2) is 11.0. The van der Waals surface area contributed by atoms with Crippen molar-refractivity contribution in [2.75, 3.05) is 14.2 Å². The molecule has 2 N–H and O–H groups in total. The van der Waals surface area contributed by atoms with E-state index in [1.807, 2.05) is 0 Å². The molecule has 1 atom stereocenters. The summed E-state index contributed by atoms with van der Waals surface area (Å²) in [5.41, 5.74) is 1.99. The van der Waals surface area contributed by atoms with E-state index in [1.54, 1.807) is 19.1 Å². The minimum atomic E-state index is -0.515. The lowest BCUT2D eigenvalue weighted by molar-refractivity contribution is -0.121. The van der Waals surface area contributed by atoms with Gasteiger partial charge in [0.2, 0.25) is 5.91 Å². The van der Waals surface area contributed by atoms with Gasteiger partial charge in [0.15, 0.2) is 17.7 Å². The number of nitrogens with zero attached hydrogens (tertiary/aromatic N) is 4. The van der Waals surface area contributed by atoms with Gasteiger partial charge >= 0.3 is 0 Å². The topological polar surface area (TPSA) is 137 Å². The second-order valence-corrected chi connectivity index (χ2v) is 8.27. The highest BCUT2D eigenvalue weighted by Crippen LogP contribution is 2.28. The minimum Gasteiger partial charge on any atom is -0.494 e. The monoisotopic (exact) mass is 508 g/mol. The number of oxime groups is 1. The third kappa shape index (κ3) is 5.97. The van der Waals surface area contributed by atoms with Crippen LogP contribution in [0.3, 0.4) is 0 Å². The fraction of sp³-hybridized carbons (Fsp3) is 0.280. The fourth-order valence-corrected chi connectivity index (χ4v) is 3.71. The second-order valence-electron chi connectivity index (χ2n) is 8.27. The number of nitrogens with one attached hydrogen (secondary N) is 2. The average molecular weight is 509 g/mol. The maximum atomic E-state index is 13.6. The molecule has 0 saturated heterocycles. The summed E-state index contributed by atoms with van der Waals surface area (Å²) < 4.78 is 19.9. The van der Waals surface area contributed by atoms with Crippen LogP contribution in [0.1, 0.15) is 45.7 Å². The molecule has 0 bridgehead atoms. The van der Waals surface area contributed by atoms with Crippen LogP contribution >= 0.6 is 0 Å². The maximum absolute atomic E-state index is 13.6. The van der Waals surface area contributed by atoms with Gasteiger partial charge in [-0.25, -0.2) is 14.4 Å². The van der Waals surface area contributed by atoms with Crippen molar-refractivity contribution < 1.29 is 23.6 Å². The van der Waals surface area contributed by atoms with Crippen LogP contribution in [0.4, 0.5) is 4.39 Å². The molecule has 12 heteroatoms. The third-order valence-electron chi connectivity index (χ3n) is 5.69. The normalized spacial score (nSPS) is 14.5. The smallest absolute Gasteiger partial charge is 0.270 e. The lowest BCUT2D eigenvalue weighted by atomic mass is 10.0. The fourth-order valence-electron chi connectivity index (χ4n) is 3.71. The van der Waals surface area contributed by atoms with E-state index >= 15 is 0 Å². The minimum absolute atomic E-state index is 0.0807. The first kappa shape index (κ1) is 25.5. The van der Waals surface area contributed by atoms with Gasteiger partial charge in [0.1, 0.15) is 23.8 Å². The largest absolute Gasteiger partial charge is 0.494 e. The Morgan fingerprint density at radius 1 is 1.22 bits per heavy atom. The van der Waals surface area contributed by atoms with Crippen LogP contribution in [-0.4, -0.2) is 46.2 Å². The molecule has 1 aromatic carbocycles. The van der Waals surface area contributed by atoms with E-state index in [-0.39, 0.29) is 36.0 Å². The Balaban J connectivity index is 1.44. The number of halogens is 1. The zero-order chi connectivity index (χ0) is 26.5. The van der Waals surface area contributed by atoms with E-state index in [0.717, 1.165) is 0 Å². The molecule has 0 saturated carbocycles. The predicted molar refractivity (Wildman–Crippen MR) is 131 cm³/mol. The number of amides is 2. The van der Waals surface area contributed by atoms with Gasteiger partial charge < -0.3 is 24.8 Å². The van der Waals surface area contributed by atoms with Crippen molar-refractivity contribution in [1.82, 2.24) is 25.2 Å². The summed E-state index contributed by atoms with van der Waals surface area (Å²) in [6.07, 6.45) is 1.34. The van der Waals surface area contributed by atoms with Crippen molar-refractivity contribution in [3.05, 3.63) is 87.1 Å². The maximum Gasteiger partial charge on any atom is 0.270 e. The lowest BCUT2D eigenvalue weighted by Gasteiger charge is -2.10. The van der Waals surface area contributed by atoms with Crippen LogP contribution in [0.25, 0.3) is 0 Å². The summed E-state index contributed by atoms with van der Waals surface area (Å²) in [6, 6.07) is 8.94. The molecule has 0 aliphatic carbocycles. The summed E-state index contributed by atoms with van der Waals surface area (Å²) in [5.74, 6) is -0.755. The van der Waals surface area contributed by atoms with Crippen molar-refractivity contribution in [2.24, 2.45) is 5.16 Å². The zero-order valence-electron chi connectivity index (χ0n) is 20.4. The standard InChI is InChI=1S/C25H25FN6O5/c1-14-29-18(10-20(30-14)25(35)28-12-15-4-5-17(26)22(8-15)36-3)19-11-21(37-31-19)16-6-7-32(24(34)9-16)13-23(33)27-2/h4-10,21H,11-13H2,1-3H3,(H,27,33)(H,28,35). The van der Waals surface area contributed by atoms with Crippen LogP contribution in [0, 0.1) is 12.7 Å². The third-order valence-corrected chi connectivity index (χ3v) is 5.69. The molecule has 2 amide bonds. The van der Waals surface area contributed by atoms with Gasteiger partial charge in [0.05, 0.1) is 12.8 Å². The zero-order valence-corrected chi connectivity index (χ0v) is 20.4. The number of aromatic nitrogens is 3. The van der Waals surface area contributed by atoms with E-state index in [1.165, 1.54) is 49.2 Å². The Kier molecular flexibility index (Phi) is 7.56. The van der Waals surface area contributed by atoms with Gasteiger partial charge in [-0.2, -0.15) is 0 Å². The van der Waals surface area contributed by atoms with Crippen LogP contribution in [0.5, 0.6) is 5.75 Å². The highest BCUT2D eigenvalue weighted by Gasteiger charge is 2.26. The summed E-state index contributed by atoms with van der Waals surface area (Å²) in [4.78, 5) is 50.8. The van der Waals surface area contributed by atoms with Crippen molar-refractivity contribution in [3.8, 4) is 5.75 Å². The first-order chi connectivity index (χ1) is 17.8. The van der Waals surface area contributed by atoms with Crippen LogP contribution in [0.2, 0.25) is 0 Å². The van der Waals surface area contributed by atoms with E-state index in [9.17, 15) is 18.8 Å². The molecule has 3 heterocycles. The van der Waals surface area contributed by atoms with E-state index < -0.39 is 17.8 Å². The van der Waals surface area contributed by atoms with Gasteiger partial charge in [-0.3, -0.25) is 14.4 Å². The predicted octanol–water partition coefficient (Wildman–Crippen LogP) is 1.64. The quantitative estimate of drug-likeness (QED) is 0.472. The molecule has 0 fully saturated rings. The number of methoxy groups -OCH3 is 1. The Bertz CT molecular complexity index is 1440. The summed E-state index contributed by atoms with van der Waals surface area (Å²) in [7, 11) is 2.87. The highest BCUT2D eigenvalue weighted by molar-refractivity contribution is 6.02. The van der Waals surface area contributed by atoms with E-state index in [4.69, 9.17) is 9.57 Å². The van der Waals surface area contributed by atoms with E-state index in [0.29, 0.717) is 34.8 Å². The van der Waals surface area contributed by atoms with Gasteiger partial charge in [0, 0.05) is 37.8 Å². The van der Waals surface area contributed by atoms with Gasteiger partial charge in [-0.15, -0.1) is 0 Å². The van der Waals surface area contributed by atoms with Crippen LogP contribution < -0.4 is 20.9 Å². The molecular weight excluding hydrogens is 483 g/mol. The number of aryl methyl sites for hydroxylation is 1. The highest BCUT2D eigenvalue weighted by atomic mass is 19.1. The molecule has 37 heavy (non-hydrogen) atoms. The van der Waals surface area contributed by atoms with Crippen molar-refractivity contribution in [3.63, 3.8) is 0 Å². The Hall–Kier alpha value is -4.61. The number of benzene rings is 1. The van der Waals surface area contributed by atoms with Crippen molar-refractivity contribution >= 4 is 17.5 Å². The number of pyridine rings is 1. The molecule has 11 nitrogen and oxygen atoms in total. The van der Waals surface area contributed by atoms with Gasteiger partial charge in [-0.05, 0) is 36.8 Å². The van der Waals surface area contributed by atoms with Crippen LogP contribution in [0.15, 0.2) is 52.5 Å². The summed E-state index contributed by atoms with van der Waals surface area (Å²) >= 11 is 0. The average Bonchev–Trinajstić information content (AvgIpc) is 3.39. The number of hydrogen-bond donors (Lipinski definition) is 2. The van der Waals surface area contributed by atoms with Crippen molar-refractivity contribution in [2.45, 2.75) is 32.5 Å². The molecule has 0 spiro atoms. The van der Waals surface area contributed by atoms with Gasteiger partial charge in [0.25, 0.3) is 11.5 Å². The molecule has 1 aliphatic rings. The number of hydrogen-bond acceptors (Lipinski definition) is 8. The summed E-state index contributed by atoms with van der Waals surface area (Å²) in [5, 5.41) is 9.34. The lowest BCUT2D eigenvalue weighted by Crippen LogP contribution is -2.29. The van der Waals surface area contributed by atoms with Crippen LogP contribution in [-0.2, 0) is 22.7 Å². The molecule has 192 valence electrons.